The van der Waals surface area contributed by atoms with Crippen molar-refractivity contribution in [3.8, 4) is 12.3 Å². The zero-order valence-electron chi connectivity index (χ0n) is 8.37. The third-order valence-corrected chi connectivity index (χ3v) is 2.42. The van der Waals surface area contributed by atoms with Crippen molar-refractivity contribution in [2.45, 2.75) is 6.42 Å². The zero-order chi connectivity index (χ0) is 11.5. The van der Waals surface area contributed by atoms with Gasteiger partial charge in [0.05, 0.1) is 5.02 Å². The summed E-state index contributed by atoms with van der Waals surface area (Å²) in [5.74, 6) is 3.44. The molecule has 80 valence electrons. The highest BCUT2D eigenvalue weighted by molar-refractivity contribution is 6.31. The molecule has 0 radical (unpaired) electrons. The summed E-state index contributed by atoms with van der Waals surface area (Å²) >= 11 is 5.99. The average Bonchev–Trinajstić information content (AvgIpc) is 2.64. The molecular formula is C11H9ClN4. The molecule has 0 saturated heterocycles. The zero-order valence-corrected chi connectivity index (χ0v) is 9.12. The second kappa shape index (κ2) is 4.25. The van der Waals surface area contributed by atoms with Crippen LogP contribution in [0.25, 0.3) is 0 Å². The summed E-state index contributed by atoms with van der Waals surface area (Å²) in [6, 6.07) is 5.52. The van der Waals surface area contributed by atoms with E-state index in [4.69, 9.17) is 23.8 Å². The summed E-state index contributed by atoms with van der Waals surface area (Å²) in [7, 11) is 0. The molecule has 0 saturated carbocycles. The minimum atomic E-state index is 0.237. The third-order valence-electron chi connectivity index (χ3n) is 2.11. The molecule has 4 nitrogen and oxygen atoms in total. The quantitative estimate of drug-likeness (QED) is 0.773. The Balaban J connectivity index is 2.23. The van der Waals surface area contributed by atoms with Crippen LogP contribution in [0.15, 0.2) is 18.2 Å². The molecule has 5 heteroatoms. The van der Waals surface area contributed by atoms with Crippen LogP contribution >= 0.6 is 11.6 Å². The van der Waals surface area contributed by atoms with E-state index in [9.17, 15) is 0 Å². The lowest BCUT2D eigenvalue weighted by atomic mass is 10.1. The van der Waals surface area contributed by atoms with E-state index in [0.717, 1.165) is 5.56 Å². The van der Waals surface area contributed by atoms with E-state index in [1.165, 1.54) is 0 Å². The van der Waals surface area contributed by atoms with Gasteiger partial charge in [-0.1, -0.05) is 23.6 Å². The molecular weight excluding hydrogens is 224 g/mol. The van der Waals surface area contributed by atoms with Gasteiger partial charge < -0.3 is 5.73 Å². The monoisotopic (exact) mass is 232 g/mol. The molecule has 0 fully saturated rings. The molecule has 1 aromatic carbocycles. The molecule has 1 aromatic heterocycles. The van der Waals surface area contributed by atoms with E-state index in [1.54, 1.807) is 6.07 Å². The fourth-order valence-electron chi connectivity index (χ4n) is 1.37. The minimum Gasteiger partial charge on any atom is -0.367 e. The first-order valence-corrected chi connectivity index (χ1v) is 4.98. The number of benzene rings is 1. The van der Waals surface area contributed by atoms with Crippen LogP contribution in [-0.4, -0.2) is 15.2 Å². The lowest BCUT2D eigenvalue weighted by Gasteiger charge is -2.00. The lowest BCUT2D eigenvalue weighted by molar-refractivity contribution is 0.972. The van der Waals surface area contributed by atoms with E-state index in [2.05, 4.69) is 21.1 Å². The maximum absolute atomic E-state index is 5.99. The minimum absolute atomic E-state index is 0.237. The van der Waals surface area contributed by atoms with Crippen molar-refractivity contribution < 1.29 is 0 Å². The van der Waals surface area contributed by atoms with Crippen LogP contribution < -0.4 is 5.73 Å². The first-order valence-electron chi connectivity index (χ1n) is 4.61. The molecule has 0 aliphatic carbocycles. The summed E-state index contributed by atoms with van der Waals surface area (Å²) in [6.07, 6.45) is 5.87. The topological polar surface area (TPSA) is 67.6 Å². The number of aromatic nitrogens is 3. The second-order valence-electron chi connectivity index (χ2n) is 3.28. The molecule has 0 bridgehead atoms. The Kier molecular flexibility index (Phi) is 2.80. The van der Waals surface area contributed by atoms with Crippen LogP contribution in [0.4, 0.5) is 5.95 Å². The van der Waals surface area contributed by atoms with Crippen LogP contribution in [-0.2, 0) is 6.42 Å². The number of nitrogen functional groups attached to an aromatic ring is 1. The standard InChI is InChI=1S/C11H9ClN4/c1-2-8-4-3-7(5-9(8)12)6-10-14-11(13)16-15-10/h1,3-5H,6H2,(H3,13,14,15,16). The Bertz CT molecular complexity index is 553. The van der Waals surface area contributed by atoms with Crippen molar-refractivity contribution in [2.75, 3.05) is 5.73 Å². The predicted molar refractivity (Wildman–Crippen MR) is 63.0 cm³/mol. The molecule has 1 heterocycles. The first kappa shape index (κ1) is 10.5. The summed E-state index contributed by atoms with van der Waals surface area (Å²) in [4.78, 5) is 4.01. The molecule has 0 amide bonds. The molecule has 0 atom stereocenters. The fraction of sp³-hybridized carbons (Fsp3) is 0.0909. The van der Waals surface area contributed by atoms with Crippen LogP contribution in [0.5, 0.6) is 0 Å². The van der Waals surface area contributed by atoms with Gasteiger partial charge in [0.15, 0.2) is 0 Å². The Hall–Kier alpha value is -1.99. The highest BCUT2D eigenvalue weighted by Crippen LogP contribution is 2.18. The summed E-state index contributed by atoms with van der Waals surface area (Å²) in [5, 5.41) is 7.04. The molecule has 2 rings (SSSR count). The number of aromatic amines is 1. The largest absolute Gasteiger partial charge is 0.367 e. The van der Waals surface area contributed by atoms with Gasteiger partial charge in [0.2, 0.25) is 5.95 Å². The normalized spacial score (nSPS) is 10.0. The van der Waals surface area contributed by atoms with Crippen LogP contribution in [0.2, 0.25) is 5.02 Å². The number of nitrogens with two attached hydrogens (primary N) is 1. The SMILES string of the molecule is C#Cc1ccc(Cc2nc(N)n[nH]2)cc1Cl. The van der Waals surface area contributed by atoms with Gasteiger partial charge in [-0.05, 0) is 17.7 Å². The molecule has 2 aromatic rings. The van der Waals surface area contributed by atoms with Gasteiger partial charge in [-0.25, -0.2) is 0 Å². The molecule has 0 aliphatic heterocycles. The summed E-state index contributed by atoms with van der Waals surface area (Å²) in [5.41, 5.74) is 7.08. The molecule has 0 spiro atoms. The predicted octanol–water partition coefficient (Wildman–Crippen LogP) is 1.61. The number of nitrogens with zero attached hydrogens (tertiary/aromatic N) is 2. The lowest BCUT2D eigenvalue weighted by Crippen LogP contribution is -1.92. The Morgan fingerprint density at radius 1 is 1.50 bits per heavy atom. The number of H-pyrrole nitrogens is 1. The van der Waals surface area contributed by atoms with E-state index in [0.29, 0.717) is 22.8 Å². The van der Waals surface area contributed by atoms with Gasteiger partial charge >= 0.3 is 0 Å². The van der Waals surface area contributed by atoms with E-state index >= 15 is 0 Å². The molecule has 0 aliphatic rings. The average molecular weight is 233 g/mol. The number of terminal acetylenes is 1. The molecule has 3 N–H and O–H groups in total. The molecule has 16 heavy (non-hydrogen) atoms. The van der Waals surface area contributed by atoms with Crippen molar-refractivity contribution in [3.63, 3.8) is 0 Å². The van der Waals surface area contributed by atoms with Crippen molar-refractivity contribution in [1.82, 2.24) is 15.2 Å². The fourth-order valence-corrected chi connectivity index (χ4v) is 1.63. The number of hydrogen-bond acceptors (Lipinski definition) is 3. The highest BCUT2D eigenvalue weighted by Gasteiger charge is 2.04. The number of nitrogens with one attached hydrogen (secondary N) is 1. The third kappa shape index (κ3) is 2.15. The highest BCUT2D eigenvalue weighted by atomic mass is 35.5. The second-order valence-corrected chi connectivity index (χ2v) is 3.68. The Morgan fingerprint density at radius 2 is 2.31 bits per heavy atom. The van der Waals surface area contributed by atoms with E-state index in [-0.39, 0.29) is 5.95 Å². The van der Waals surface area contributed by atoms with Gasteiger partial charge in [-0.3, -0.25) is 5.10 Å². The van der Waals surface area contributed by atoms with E-state index < -0.39 is 0 Å². The van der Waals surface area contributed by atoms with Crippen molar-refractivity contribution in [1.29, 1.82) is 0 Å². The van der Waals surface area contributed by atoms with Crippen LogP contribution in [0.1, 0.15) is 17.0 Å². The number of rotatable bonds is 2. The van der Waals surface area contributed by atoms with Gasteiger partial charge in [-0.15, -0.1) is 11.5 Å². The van der Waals surface area contributed by atoms with Gasteiger partial charge in [0.1, 0.15) is 5.82 Å². The van der Waals surface area contributed by atoms with Crippen LogP contribution in [0, 0.1) is 12.3 Å². The van der Waals surface area contributed by atoms with E-state index in [1.807, 2.05) is 12.1 Å². The number of halogens is 1. The number of hydrogen-bond donors (Lipinski definition) is 2. The summed E-state index contributed by atoms with van der Waals surface area (Å²) < 4.78 is 0. The molecule has 0 unspecified atom stereocenters. The van der Waals surface area contributed by atoms with Crippen LogP contribution in [0.3, 0.4) is 0 Å². The smallest absolute Gasteiger partial charge is 0.239 e. The number of anilines is 1. The maximum Gasteiger partial charge on any atom is 0.239 e. The van der Waals surface area contributed by atoms with Gasteiger partial charge in [0.25, 0.3) is 0 Å². The Morgan fingerprint density at radius 3 is 2.88 bits per heavy atom. The van der Waals surface area contributed by atoms with Gasteiger partial charge in [-0.2, -0.15) is 4.98 Å². The summed E-state index contributed by atoms with van der Waals surface area (Å²) in [6.45, 7) is 0. The maximum atomic E-state index is 5.99. The van der Waals surface area contributed by atoms with Crippen molar-refractivity contribution >= 4 is 17.5 Å². The van der Waals surface area contributed by atoms with Gasteiger partial charge in [0, 0.05) is 12.0 Å². The Labute approximate surface area is 97.8 Å². The van der Waals surface area contributed by atoms with Crippen molar-refractivity contribution in [3.05, 3.63) is 40.2 Å². The van der Waals surface area contributed by atoms with Crippen molar-refractivity contribution in [2.24, 2.45) is 0 Å². The first-order chi connectivity index (χ1) is 7.69.